The quantitative estimate of drug-likeness (QED) is 0.172. The lowest BCUT2D eigenvalue weighted by Gasteiger charge is -2.24. The van der Waals surface area contributed by atoms with Crippen LogP contribution in [0.4, 0.5) is 0 Å². The highest BCUT2D eigenvalue weighted by molar-refractivity contribution is 7.80. The van der Waals surface area contributed by atoms with E-state index >= 15 is 0 Å². The van der Waals surface area contributed by atoms with Gasteiger partial charge in [0.05, 0.1) is 6.54 Å². The summed E-state index contributed by atoms with van der Waals surface area (Å²) in [4.78, 5) is 58.1. The summed E-state index contributed by atoms with van der Waals surface area (Å²) in [7, 11) is 0. The van der Waals surface area contributed by atoms with Crippen LogP contribution in [0, 0.1) is 5.92 Å². The summed E-state index contributed by atoms with van der Waals surface area (Å²) in [5, 5.41) is 24.8. The van der Waals surface area contributed by atoms with E-state index in [2.05, 4.69) is 28.6 Å². The fourth-order valence-electron chi connectivity index (χ4n) is 2.22. The van der Waals surface area contributed by atoms with E-state index < -0.39 is 54.2 Å². The molecule has 0 saturated carbocycles. The Bertz CT molecular complexity index is 585. The van der Waals surface area contributed by atoms with E-state index in [-0.39, 0.29) is 24.6 Å². The summed E-state index contributed by atoms with van der Waals surface area (Å²) >= 11 is 3.99. The van der Waals surface area contributed by atoms with Gasteiger partial charge in [-0.3, -0.25) is 19.2 Å². The van der Waals surface area contributed by atoms with Gasteiger partial charge in [-0.15, -0.1) is 0 Å². The summed E-state index contributed by atoms with van der Waals surface area (Å²) in [6.07, 6.45) is -0.461. The molecule has 3 unspecified atom stereocenters. The smallest absolute Gasteiger partial charge is 0.326 e. The zero-order valence-corrected chi connectivity index (χ0v) is 16.7. The first-order chi connectivity index (χ1) is 13.0. The van der Waals surface area contributed by atoms with Crippen LogP contribution >= 0.6 is 12.6 Å². The highest BCUT2D eigenvalue weighted by Crippen LogP contribution is 2.06. The van der Waals surface area contributed by atoms with Crippen molar-refractivity contribution in [3.63, 3.8) is 0 Å². The number of thiol groups is 1. The van der Waals surface area contributed by atoms with Gasteiger partial charge in [0, 0.05) is 12.2 Å². The van der Waals surface area contributed by atoms with Crippen LogP contribution in [-0.4, -0.2) is 70.3 Å². The van der Waals surface area contributed by atoms with Gasteiger partial charge in [0.2, 0.25) is 17.7 Å². The maximum absolute atomic E-state index is 12.5. The van der Waals surface area contributed by atoms with Gasteiger partial charge in [0.15, 0.2) is 0 Å². The summed E-state index contributed by atoms with van der Waals surface area (Å²) in [5.41, 5.74) is 5.24. The number of amides is 3. The van der Waals surface area contributed by atoms with Crippen LogP contribution in [0.2, 0.25) is 0 Å². The Labute approximate surface area is 168 Å². The van der Waals surface area contributed by atoms with E-state index in [4.69, 9.17) is 15.9 Å². The van der Waals surface area contributed by atoms with Crippen LogP contribution in [-0.2, 0) is 24.0 Å². The molecule has 0 rings (SSSR count). The molecular weight excluding hydrogens is 392 g/mol. The molecular formula is C16H28N4O7S. The Balaban J connectivity index is 5.07. The van der Waals surface area contributed by atoms with Crippen molar-refractivity contribution >= 4 is 42.3 Å². The number of hydrogen-bond acceptors (Lipinski definition) is 7. The van der Waals surface area contributed by atoms with Crippen molar-refractivity contribution in [1.82, 2.24) is 16.0 Å². The van der Waals surface area contributed by atoms with Crippen molar-refractivity contribution in [1.29, 1.82) is 0 Å². The third-order valence-corrected chi connectivity index (χ3v) is 3.99. The van der Waals surface area contributed by atoms with Crippen LogP contribution in [0.25, 0.3) is 0 Å². The maximum atomic E-state index is 12.5. The highest BCUT2D eigenvalue weighted by atomic mass is 32.1. The van der Waals surface area contributed by atoms with Gasteiger partial charge in [-0.2, -0.15) is 12.6 Å². The molecule has 0 fully saturated rings. The minimum Gasteiger partial charge on any atom is -0.481 e. The average Bonchev–Trinajstić information content (AvgIpc) is 2.60. The van der Waals surface area contributed by atoms with Gasteiger partial charge in [-0.05, 0) is 18.8 Å². The number of carboxylic acids is 2. The molecule has 0 saturated heterocycles. The van der Waals surface area contributed by atoms with E-state index in [9.17, 15) is 24.0 Å². The molecule has 0 spiro atoms. The van der Waals surface area contributed by atoms with Gasteiger partial charge in [-0.25, -0.2) is 4.79 Å². The Kier molecular flexibility index (Phi) is 11.9. The normalized spacial score (nSPS) is 13.9. The number of carboxylic acid groups (broad SMARTS) is 2. The molecule has 0 aromatic rings. The minimum absolute atomic E-state index is 0.0597. The zero-order valence-electron chi connectivity index (χ0n) is 15.8. The lowest BCUT2D eigenvalue weighted by Crippen LogP contribution is -2.57. The molecule has 28 heavy (non-hydrogen) atoms. The molecule has 0 aromatic heterocycles. The van der Waals surface area contributed by atoms with Crippen molar-refractivity contribution in [3.05, 3.63) is 0 Å². The average molecular weight is 420 g/mol. The Morgan fingerprint density at radius 1 is 0.929 bits per heavy atom. The van der Waals surface area contributed by atoms with Gasteiger partial charge < -0.3 is 31.9 Å². The second-order valence-corrected chi connectivity index (χ2v) is 6.89. The fourth-order valence-corrected chi connectivity index (χ4v) is 2.48. The number of rotatable bonds is 13. The first kappa shape index (κ1) is 25.7. The highest BCUT2D eigenvalue weighted by Gasteiger charge is 2.29. The lowest BCUT2D eigenvalue weighted by molar-refractivity contribution is -0.143. The van der Waals surface area contributed by atoms with E-state index in [0.29, 0.717) is 6.42 Å². The van der Waals surface area contributed by atoms with Gasteiger partial charge in [-0.1, -0.05) is 13.8 Å². The van der Waals surface area contributed by atoms with Crippen molar-refractivity contribution < 1.29 is 34.2 Å². The molecule has 0 aliphatic carbocycles. The summed E-state index contributed by atoms with van der Waals surface area (Å²) in [5.74, 6) is -4.67. The Morgan fingerprint density at radius 2 is 1.46 bits per heavy atom. The van der Waals surface area contributed by atoms with Gasteiger partial charge in [0.1, 0.15) is 18.1 Å². The molecule has 0 radical (unpaired) electrons. The molecule has 0 aliphatic heterocycles. The van der Waals surface area contributed by atoms with Crippen molar-refractivity contribution in [2.75, 3.05) is 12.3 Å². The summed E-state index contributed by atoms with van der Waals surface area (Å²) in [6.45, 7) is 3.39. The molecule has 0 bridgehead atoms. The second kappa shape index (κ2) is 12.9. The number of carbonyl (C=O) groups is 5. The first-order valence-corrected chi connectivity index (χ1v) is 9.30. The standard InChI is InChI=1S/C16H28N4O7S/c1-8(2)5-10(18-12(21)6-17)14(24)20-11(7-28)15(25)19-9(16(26)27)3-4-13(22)23/h8-11,28H,3-7,17H2,1-2H3,(H,18,21)(H,19,25)(H,20,24)(H,22,23)(H,26,27). The second-order valence-electron chi connectivity index (χ2n) is 6.53. The SMILES string of the molecule is CC(C)CC(NC(=O)CN)C(=O)NC(CS)C(=O)NC(CCC(=O)O)C(=O)O. The third kappa shape index (κ3) is 10.1. The van der Waals surface area contributed by atoms with E-state index in [1.165, 1.54) is 0 Å². The van der Waals surface area contributed by atoms with Crippen LogP contribution in [0.15, 0.2) is 0 Å². The molecule has 0 aromatic carbocycles. The van der Waals surface area contributed by atoms with E-state index in [1.807, 2.05) is 13.8 Å². The molecule has 7 N–H and O–H groups in total. The van der Waals surface area contributed by atoms with Crippen molar-refractivity contribution in [2.24, 2.45) is 11.7 Å². The first-order valence-electron chi connectivity index (χ1n) is 8.67. The Hall–Kier alpha value is -2.34. The van der Waals surface area contributed by atoms with Crippen LogP contribution in [0.5, 0.6) is 0 Å². The van der Waals surface area contributed by atoms with Crippen molar-refractivity contribution in [3.8, 4) is 0 Å². The molecule has 3 amide bonds. The Morgan fingerprint density at radius 3 is 1.89 bits per heavy atom. The zero-order chi connectivity index (χ0) is 21.9. The number of hydrogen-bond donors (Lipinski definition) is 7. The monoisotopic (exact) mass is 420 g/mol. The third-order valence-electron chi connectivity index (χ3n) is 3.62. The van der Waals surface area contributed by atoms with Crippen molar-refractivity contribution in [2.45, 2.75) is 51.2 Å². The van der Waals surface area contributed by atoms with Crippen LogP contribution < -0.4 is 21.7 Å². The van der Waals surface area contributed by atoms with Crippen LogP contribution in [0.1, 0.15) is 33.1 Å². The summed E-state index contributed by atoms with van der Waals surface area (Å²) in [6, 6.07) is -3.52. The topological polar surface area (TPSA) is 188 Å². The van der Waals surface area contributed by atoms with E-state index in [0.717, 1.165) is 0 Å². The van der Waals surface area contributed by atoms with E-state index in [1.54, 1.807) is 0 Å². The largest absolute Gasteiger partial charge is 0.481 e. The van der Waals surface area contributed by atoms with Gasteiger partial charge >= 0.3 is 11.9 Å². The summed E-state index contributed by atoms with van der Waals surface area (Å²) < 4.78 is 0. The maximum Gasteiger partial charge on any atom is 0.326 e. The molecule has 0 heterocycles. The molecule has 160 valence electrons. The predicted octanol–water partition coefficient (Wildman–Crippen LogP) is -1.68. The molecule has 12 heteroatoms. The number of aliphatic carboxylic acids is 2. The number of carbonyl (C=O) groups excluding carboxylic acids is 3. The number of nitrogens with one attached hydrogen (secondary N) is 3. The van der Waals surface area contributed by atoms with Gasteiger partial charge in [0.25, 0.3) is 0 Å². The molecule has 3 atom stereocenters. The van der Waals surface area contributed by atoms with Crippen LogP contribution in [0.3, 0.4) is 0 Å². The fraction of sp³-hybridized carbons (Fsp3) is 0.688. The lowest BCUT2D eigenvalue weighted by atomic mass is 10.0. The predicted molar refractivity (Wildman–Crippen MR) is 103 cm³/mol. The minimum atomic E-state index is -1.42. The number of nitrogens with two attached hydrogens (primary N) is 1. The molecule has 0 aliphatic rings. The molecule has 11 nitrogen and oxygen atoms in total.